The summed E-state index contributed by atoms with van der Waals surface area (Å²) in [5.41, 5.74) is 8.10. The third kappa shape index (κ3) is 26.1. The van der Waals surface area contributed by atoms with Gasteiger partial charge in [0.15, 0.2) is 0 Å². The summed E-state index contributed by atoms with van der Waals surface area (Å²) in [5.74, 6) is 0.696. The van der Waals surface area contributed by atoms with Gasteiger partial charge in [0.1, 0.15) is 0 Å². The fourth-order valence-corrected chi connectivity index (χ4v) is 10.9. The summed E-state index contributed by atoms with van der Waals surface area (Å²) in [5, 5.41) is 37.3. The molecule has 79 heavy (non-hydrogen) atoms. The van der Waals surface area contributed by atoms with Crippen LogP contribution in [0.25, 0.3) is 0 Å². The molecule has 0 fully saturated rings. The Morgan fingerprint density at radius 2 is 0.886 bits per heavy atom. The average molecular weight is 1110 g/mol. The normalized spacial score (nSPS) is 20.1. The van der Waals surface area contributed by atoms with Crippen LogP contribution in [-0.2, 0) is 40.2 Å². The van der Waals surface area contributed by atoms with Crippen molar-refractivity contribution in [2.24, 2.45) is 35.5 Å². The number of carboxylic acid groups (broad SMARTS) is 3. The summed E-state index contributed by atoms with van der Waals surface area (Å²) in [6.45, 7) is 14.8. The van der Waals surface area contributed by atoms with Crippen molar-refractivity contribution in [2.45, 2.75) is 157 Å². The fourth-order valence-electron chi connectivity index (χ4n) is 10.6. The van der Waals surface area contributed by atoms with E-state index in [9.17, 15) is 27.6 Å². The number of carbonyl (C=O) groups is 3. The number of benzene rings is 3. The number of rotatable bonds is 27. The van der Waals surface area contributed by atoms with E-state index in [0.717, 1.165) is 101 Å². The van der Waals surface area contributed by atoms with E-state index in [4.69, 9.17) is 26.9 Å². The van der Waals surface area contributed by atoms with Crippen LogP contribution in [0.3, 0.4) is 0 Å². The topological polar surface area (TPSA) is 148 Å². The van der Waals surface area contributed by atoms with Crippen LogP contribution in [-0.4, -0.2) is 52.9 Å². The van der Waals surface area contributed by atoms with E-state index in [-0.39, 0.29) is 31.4 Å². The van der Waals surface area contributed by atoms with Crippen molar-refractivity contribution in [1.29, 1.82) is 0 Å². The number of aryl methyl sites for hydroxylation is 5. The Morgan fingerprint density at radius 1 is 0.519 bits per heavy atom. The molecule has 13 heteroatoms. The molecule has 0 bridgehead atoms. The van der Waals surface area contributed by atoms with Crippen LogP contribution < -0.4 is 16.0 Å². The van der Waals surface area contributed by atoms with E-state index in [0.29, 0.717) is 60.5 Å². The molecule has 0 aromatic heterocycles. The molecular weight excluding hydrogens is 1020 g/mol. The van der Waals surface area contributed by atoms with Gasteiger partial charge in [0, 0.05) is 43.9 Å². The van der Waals surface area contributed by atoms with Crippen molar-refractivity contribution in [3.63, 3.8) is 0 Å². The molecule has 0 amide bonds. The smallest absolute Gasteiger partial charge is 0.416 e. The number of carboxylic acids is 3. The zero-order chi connectivity index (χ0) is 57.6. The highest BCUT2D eigenvalue weighted by atomic mass is 35.5. The molecule has 0 saturated carbocycles. The molecule has 0 saturated heterocycles. The average Bonchev–Trinajstić information content (AvgIpc) is 3.40. The fraction of sp³-hybridized carbons (Fsp3) is 0.500. The lowest BCUT2D eigenvalue weighted by molar-refractivity contribution is -0.139. The zero-order valence-corrected chi connectivity index (χ0v) is 48.2. The standard InChI is InChI=1S/C23H33NO2.C22H28F3NO2.C21H28ClNO2/c1-17-13-18(2)22(19(3)14-17)16-24-15-21-11-8-7-10-20(21)9-5-4-6-12-23(25)26;1-16-11-12-19(20(13-16)22(23,24)25)15-26-14-18-9-6-5-8-17(18)7-3-2-4-10-21(27)28;1-16-11-12-19(20(22)13-16)15-23-14-18-9-6-5-8-17(18)7-3-2-4-10-21(24)25/h5,7-9,13-14,20-21,24H,4,6,10-12,15-16H2,1-3H3,(H,25,26);3,5-7,11-13,17-18,26H,2,4,8-10,14-15H2,1H3,(H,27,28);3,5-7,11-13,17-18,23H,2,4,8-10,14-15H2,1H3,(H,24,25)/b9-5-;2*7-3-/t20-,21+;2*17-,18+/m000/s1. The first-order valence-corrected chi connectivity index (χ1v) is 28.9. The number of hydrogen-bond acceptors (Lipinski definition) is 6. The molecule has 0 unspecified atom stereocenters. The number of aliphatic carboxylic acids is 3. The van der Waals surface area contributed by atoms with Gasteiger partial charge in [-0.3, -0.25) is 14.4 Å². The Labute approximate surface area is 474 Å². The van der Waals surface area contributed by atoms with Crippen LogP contribution in [0, 0.1) is 70.1 Å². The van der Waals surface area contributed by atoms with E-state index in [1.165, 1.54) is 33.9 Å². The van der Waals surface area contributed by atoms with Crippen molar-refractivity contribution < 1.29 is 42.9 Å². The highest BCUT2D eigenvalue weighted by Crippen LogP contribution is 2.34. The first-order valence-electron chi connectivity index (χ1n) is 28.5. The summed E-state index contributed by atoms with van der Waals surface area (Å²) >= 11 is 6.30. The molecule has 0 aliphatic heterocycles. The van der Waals surface area contributed by atoms with Crippen LogP contribution >= 0.6 is 11.6 Å². The lowest BCUT2D eigenvalue weighted by Gasteiger charge is -2.27. The van der Waals surface area contributed by atoms with E-state index in [1.807, 2.05) is 19.1 Å². The number of allylic oxidation sites excluding steroid dienone is 12. The summed E-state index contributed by atoms with van der Waals surface area (Å²) in [7, 11) is 0. The number of unbranched alkanes of at least 4 members (excludes halogenated alkanes) is 3. The van der Waals surface area contributed by atoms with Gasteiger partial charge in [0.25, 0.3) is 0 Å². The molecule has 0 radical (unpaired) electrons. The first-order chi connectivity index (χ1) is 37.8. The molecule has 3 aromatic carbocycles. The monoisotopic (exact) mass is 1110 g/mol. The quantitative estimate of drug-likeness (QED) is 0.0324. The van der Waals surface area contributed by atoms with Crippen molar-refractivity contribution in [2.75, 3.05) is 19.6 Å². The molecule has 3 aromatic rings. The molecule has 432 valence electrons. The Kier molecular flexibility index (Phi) is 30.0. The molecule has 6 atom stereocenters. The van der Waals surface area contributed by atoms with Crippen LogP contribution in [0.2, 0.25) is 5.02 Å². The summed E-state index contributed by atoms with van der Waals surface area (Å²) in [6.07, 6.45) is 33.3. The molecule has 0 heterocycles. The third-order valence-corrected chi connectivity index (χ3v) is 15.4. The summed E-state index contributed by atoms with van der Waals surface area (Å²) in [4.78, 5) is 31.7. The zero-order valence-electron chi connectivity index (χ0n) is 47.4. The van der Waals surface area contributed by atoms with Gasteiger partial charge in [-0.2, -0.15) is 13.2 Å². The number of hydrogen-bond donors (Lipinski definition) is 6. The van der Waals surface area contributed by atoms with Crippen LogP contribution in [0.4, 0.5) is 13.2 Å². The van der Waals surface area contributed by atoms with Gasteiger partial charge >= 0.3 is 24.1 Å². The van der Waals surface area contributed by atoms with Crippen molar-refractivity contribution in [1.82, 2.24) is 16.0 Å². The highest BCUT2D eigenvalue weighted by Gasteiger charge is 2.33. The predicted octanol–water partition coefficient (Wildman–Crippen LogP) is 15.7. The third-order valence-electron chi connectivity index (χ3n) is 15.1. The molecule has 3 aliphatic carbocycles. The SMILES string of the molecule is Cc1cc(C)c(CNC[C@H]2CC=CC[C@@H]2/C=C\CCCC(=O)O)c(C)c1.Cc1ccc(CNC[C@H]2CC=CC[C@@H]2/C=C\CCCC(=O)O)c(C(F)(F)F)c1.Cc1ccc(CNC[C@H]2CC=CC[C@@H]2/C=C\CCCC(=O)O)c(Cl)c1. The van der Waals surface area contributed by atoms with Crippen LogP contribution in [0.15, 0.2) is 121 Å². The Bertz CT molecular complexity index is 2530. The molecule has 0 spiro atoms. The maximum atomic E-state index is 13.2. The maximum absolute atomic E-state index is 13.2. The van der Waals surface area contributed by atoms with Crippen molar-refractivity contribution >= 4 is 29.5 Å². The molecular formula is C66H89ClF3N3O6. The molecule has 6 N–H and O–H groups in total. The van der Waals surface area contributed by atoms with E-state index in [1.54, 1.807) is 19.1 Å². The lowest BCUT2D eigenvalue weighted by atomic mass is 9.82. The molecule has 9 nitrogen and oxygen atoms in total. The Hall–Kier alpha value is -5.53. The van der Waals surface area contributed by atoms with Gasteiger partial charge < -0.3 is 31.3 Å². The van der Waals surface area contributed by atoms with E-state index in [2.05, 4.69) is 128 Å². The second-order valence-electron chi connectivity index (χ2n) is 21.8. The second-order valence-corrected chi connectivity index (χ2v) is 22.2. The summed E-state index contributed by atoms with van der Waals surface area (Å²) < 4.78 is 39.7. The van der Waals surface area contributed by atoms with E-state index < -0.39 is 29.6 Å². The maximum Gasteiger partial charge on any atom is 0.416 e. The number of nitrogens with one attached hydrogen (secondary N) is 3. The number of alkyl halides is 3. The first kappa shape index (κ1) is 66.0. The predicted molar refractivity (Wildman–Crippen MR) is 316 cm³/mol. The molecule has 6 rings (SSSR count). The van der Waals surface area contributed by atoms with Gasteiger partial charge in [-0.15, -0.1) is 0 Å². The molecule has 3 aliphatic rings. The Morgan fingerprint density at radius 3 is 1.28 bits per heavy atom. The van der Waals surface area contributed by atoms with Gasteiger partial charge in [-0.25, -0.2) is 0 Å². The highest BCUT2D eigenvalue weighted by molar-refractivity contribution is 6.31. The van der Waals surface area contributed by atoms with Crippen molar-refractivity contribution in [3.05, 3.63) is 177 Å². The summed E-state index contributed by atoms with van der Waals surface area (Å²) in [6, 6.07) is 15.2. The Balaban J connectivity index is 0.000000256. The van der Waals surface area contributed by atoms with E-state index >= 15 is 0 Å². The van der Waals surface area contributed by atoms with Crippen LogP contribution in [0.5, 0.6) is 0 Å². The minimum Gasteiger partial charge on any atom is -0.481 e. The van der Waals surface area contributed by atoms with Gasteiger partial charge in [-0.05, 0) is 212 Å². The van der Waals surface area contributed by atoms with Gasteiger partial charge in [0.05, 0.1) is 5.56 Å². The largest absolute Gasteiger partial charge is 0.481 e. The minimum atomic E-state index is -4.35. The minimum absolute atomic E-state index is 0.165. The van der Waals surface area contributed by atoms with Gasteiger partial charge in [0.2, 0.25) is 0 Å². The van der Waals surface area contributed by atoms with Crippen molar-refractivity contribution in [3.8, 4) is 0 Å². The lowest BCUT2D eigenvalue weighted by Crippen LogP contribution is -2.29. The number of halogens is 4. The van der Waals surface area contributed by atoms with Crippen LogP contribution in [0.1, 0.15) is 146 Å². The van der Waals surface area contributed by atoms with Gasteiger partial charge in [-0.1, -0.05) is 132 Å². The second kappa shape index (κ2) is 36.0.